The Labute approximate surface area is 300 Å². The number of rotatable bonds is 21. The van der Waals surface area contributed by atoms with Gasteiger partial charge in [-0.05, 0) is 37.1 Å². The van der Waals surface area contributed by atoms with Gasteiger partial charge in [-0.25, -0.2) is 13.2 Å². The number of unbranched alkanes of at least 4 members (excludes halogenated alkanes) is 14. The highest BCUT2D eigenvalue weighted by molar-refractivity contribution is 6.30. The molecule has 1 fully saturated rings. The summed E-state index contributed by atoms with van der Waals surface area (Å²) in [6, 6.07) is 4.63. The Bertz CT molecular complexity index is 1390. The van der Waals surface area contributed by atoms with Crippen molar-refractivity contribution < 1.29 is 37.3 Å². The van der Waals surface area contributed by atoms with Crippen molar-refractivity contribution in [2.24, 2.45) is 0 Å². The normalized spacial score (nSPS) is 18.9. The maximum Gasteiger partial charge on any atom is 0.306 e. The van der Waals surface area contributed by atoms with Gasteiger partial charge in [-0.1, -0.05) is 108 Å². The Morgan fingerprint density at radius 1 is 0.900 bits per heavy atom. The van der Waals surface area contributed by atoms with Crippen LogP contribution in [0.2, 0.25) is 5.02 Å². The van der Waals surface area contributed by atoms with Gasteiger partial charge in [-0.3, -0.25) is 9.59 Å². The lowest BCUT2D eigenvalue weighted by atomic mass is 9.88. The molecule has 4 rings (SSSR count). The molecule has 1 amide bonds. The summed E-state index contributed by atoms with van der Waals surface area (Å²) < 4.78 is 56.0. The zero-order chi connectivity index (χ0) is 35.9. The molecule has 0 spiro atoms. The van der Waals surface area contributed by atoms with Crippen molar-refractivity contribution in [1.82, 2.24) is 0 Å². The molecule has 2 aromatic rings. The van der Waals surface area contributed by atoms with Crippen molar-refractivity contribution in [3.05, 3.63) is 52.3 Å². The number of nitrogens with one attached hydrogen (secondary N) is 1. The quantitative estimate of drug-likeness (QED) is 0.0986. The fraction of sp³-hybridized carbons (Fsp3) is 0.641. The summed E-state index contributed by atoms with van der Waals surface area (Å²) in [6.45, 7) is 1.78. The second-order valence-electron chi connectivity index (χ2n) is 13.9. The summed E-state index contributed by atoms with van der Waals surface area (Å²) in [4.78, 5) is 26.3. The van der Waals surface area contributed by atoms with Crippen LogP contribution >= 0.6 is 11.6 Å². The van der Waals surface area contributed by atoms with E-state index in [9.17, 15) is 27.9 Å². The van der Waals surface area contributed by atoms with E-state index < -0.39 is 35.1 Å². The number of carbonyl (C=O) groups is 2. The monoisotopic (exact) mass is 722 g/mol. The molecule has 7 nitrogen and oxygen atoms in total. The molecule has 2 atom stereocenters. The minimum Gasteiger partial charge on any atom is -0.490 e. The first-order valence-electron chi connectivity index (χ1n) is 18.7. The molecule has 1 saturated heterocycles. The summed E-state index contributed by atoms with van der Waals surface area (Å²) in [5, 5.41) is 14.3. The van der Waals surface area contributed by atoms with E-state index in [2.05, 4.69) is 12.2 Å². The molecule has 0 radical (unpaired) electrons. The second kappa shape index (κ2) is 20.2. The van der Waals surface area contributed by atoms with Gasteiger partial charge in [0.2, 0.25) is 5.91 Å². The van der Waals surface area contributed by atoms with Crippen LogP contribution in [0.4, 0.5) is 24.5 Å². The number of amides is 1. The number of halogens is 4. The van der Waals surface area contributed by atoms with Crippen molar-refractivity contribution >= 4 is 34.9 Å². The lowest BCUT2D eigenvalue weighted by Gasteiger charge is -2.44. The fourth-order valence-corrected chi connectivity index (χ4v) is 7.11. The molecule has 0 aromatic heterocycles. The van der Waals surface area contributed by atoms with Crippen LogP contribution in [0.15, 0.2) is 24.3 Å². The van der Waals surface area contributed by atoms with Crippen LogP contribution in [0, 0.1) is 17.5 Å². The van der Waals surface area contributed by atoms with Crippen LogP contribution in [0.3, 0.4) is 0 Å². The summed E-state index contributed by atoms with van der Waals surface area (Å²) in [7, 11) is 0. The van der Waals surface area contributed by atoms with Gasteiger partial charge in [0.15, 0.2) is 17.7 Å². The maximum absolute atomic E-state index is 14.9. The van der Waals surface area contributed by atoms with Crippen molar-refractivity contribution in [3.63, 3.8) is 0 Å². The average Bonchev–Trinajstić information content (AvgIpc) is 3.07. The number of nitrogens with zero attached hydrogens (tertiary/aromatic N) is 1. The van der Waals surface area contributed by atoms with Crippen molar-refractivity contribution in [2.75, 3.05) is 29.9 Å². The second-order valence-corrected chi connectivity index (χ2v) is 14.4. The molecule has 0 saturated carbocycles. The minimum atomic E-state index is -1.71. The van der Waals surface area contributed by atoms with E-state index in [0.717, 1.165) is 31.4 Å². The number of aliphatic hydroxyl groups is 1. The molecule has 2 N–H and O–H groups in total. The fourth-order valence-electron chi connectivity index (χ4n) is 6.92. The van der Waals surface area contributed by atoms with E-state index in [1.165, 1.54) is 87.7 Å². The number of benzene rings is 2. The first kappa shape index (κ1) is 39.8. The molecule has 2 aliphatic rings. The molecule has 278 valence electrons. The Kier molecular flexibility index (Phi) is 16.0. The largest absolute Gasteiger partial charge is 0.490 e. The van der Waals surface area contributed by atoms with Gasteiger partial charge in [-0.2, -0.15) is 0 Å². The highest BCUT2D eigenvalue weighted by atomic mass is 35.5. The van der Waals surface area contributed by atoms with Crippen LogP contribution in [-0.4, -0.2) is 48.4 Å². The highest BCUT2D eigenvalue weighted by Crippen LogP contribution is 2.37. The minimum absolute atomic E-state index is 0.0362. The number of esters is 1. The summed E-state index contributed by atoms with van der Waals surface area (Å²) in [6.07, 6.45) is 17.4. The molecule has 11 heteroatoms. The van der Waals surface area contributed by atoms with Crippen molar-refractivity contribution in [3.8, 4) is 5.75 Å². The number of fused-ring (bicyclic) bond motifs is 1. The smallest absolute Gasteiger partial charge is 0.306 e. The van der Waals surface area contributed by atoms with Crippen molar-refractivity contribution in [1.29, 1.82) is 0 Å². The summed E-state index contributed by atoms with van der Waals surface area (Å²) in [5.41, 5.74) is -1.51. The predicted molar refractivity (Wildman–Crippen MR) is 191 cm³/mol. The molecular formula is C39H54ClF3N2O5. The maximum atomic E-state index is 14.9. The van der Waals surface area contributed by atoms with E-state index in [-0.39, 0.29) is 73.4 Å². The lowest BCUT2D eigenvalue weighted by Crippen LogP contribution is -2.60. The molecular weight excluding hydrogens is 669 g/mol. The van der Waals surface area contributed by atoms with E-state index in [4.69, 9.17) is 21.1 Å². The van der Waals surface area contributed by atoms with E-state index in [1.54, 1.807) is 0 Å². The van der Waals surface area contributed by atoms with Gasteiger partial charge in [0, 0.05) is 36.4 Å². The molecule has 0 bridgehead atoms. The number of ether oxygens (including phenoxy) is 2. The molecule has 2 aliphatic heterocycles. The van der Waals surface area contributed by atoms with Crippen LogP contribution in [0.1, 0.15) is 128 Å². The summed E-state index contributed by atoms with van der Waals surface area (Å²) in [5.74, 6) is -2.84. The van der Waals surface area contributed by atoms with Crippen LogP contribution in [0.5, 0.6) is 5.75 Å². The molecule has 2 aromatic carbocycles. The lowest BCUT2D eigenvalue weighted by molar-refractivity contribution is -0.172. The Morgan fingerprint density at radius 3 is 2.08 bits per heavy atom. The third-order valence-corrected chi connectivity index (χ3v) is 10.1. The standard InChI is InChI=1S/C39H54ClF3N2O5/c1-2-3-4-5-6-7-8-9-10-11-12-13-14-15-16-17-36(47)50-34-26-45(38-31(42)24-28(40)25-32(38)43)23-22-39(34,48)27-49-33-20-19-30(41)37-29(33)18-21-35(46)44-37/h19-20,24-25,34,48H,2-18,21-23,26-27H2,1H3,(H,44,46)/t34-,39-/m1/s1. The zero-order valence-corrected chi connectivity index (χ0v) is 30.2. The number of carbonyl (C=O) groups excluding carboxylic acids is 2. The first-order valence-corrected chi connectivity index (χ1v) is 19.0. The number of hydrogen-bond acceptors (Lipinski definition) is 6. The first-order chi connectivity index (χ1) is 24.1. The third kappa shape index (κ3) is 11.8. The predicted octanol–water partition coefficient (Wildman–Crippen LogP) is 9.84. The average molecular weight is 723 g/mol. The van der Waals surface area contributed by atoms with Crippen LogP contribution < -0.4 is 15.0 Å². The van der Waals surface area contributed by atoms with Gasteiger partial charge in [0.05, 0.1) is 12.2 Å². The van der Waals surface area contributed by atoms with E-state index in [1.807, 2.05) is 0 Å². The van der Waals surface area contributed by atoms with E-state index >= 15 is 0 Å². The van der Waals surface area contributed by atoms with E-state index in [0.29, 0.717) is 12.0 Å². The summed E-state index contributed by atoms with van der Waals surface area (Å²) >= 11 is 5.84. The number of anilines is 2. The highest BCUT2D eigenvalue weighted by Gasteiger charge is 2.46. The Balaban J connectivity index is 1.27. The molecule has 2 heterocycles. The van der Waals surface area contributed by atoms with Crippen LogP contribution in [-0.2, 0) is 20.7 Å². The zero-order valence-electron chi connectivity index (χ0n) is 29.5. The SMILES string of the molecule is CCCCCCCCCCCCCCCCCC(=O)O[C@@H]1CN(c2c(F)cc(Cl)cc2F)CC[C@@]1(O)COc1ccc(F)c2c1CCC(=O)N2. The third-order valence-electron chi connectivity index (χ3n) is 9.92. The topological polar surface area (TPSA) is 88.1 Å². The van der Waals surface area contributed by atoms with Gasteiger partial charge in [0.25, 0.3) is 0 Å². The number of piperidine rings is 1. The van der Waals surface area contributed by atoms with Crippen LogP contribution in [0.25, 0.3) is 0 Å². The number of hydrogen-bond donors (Lipinski definition) is 2. The Morgan fingerprint density at radius 2 is 1.48 bits per heavy atom. The van der Waals surface area contributed by atoms with Gasteiger partial charge in [0.1, 0.15) is 29.5 Å². The van der Waals surface area contributed by atoms with Crippen molar-refractivity contribution in [2.45, 2.75) is 141 Å². The Hall–Kier alpha value is -2.98. The molecule has 0 unspecified atom stereocenters. The van der Waals surface area contributed by atoms with Gasteiger partial charge in [-0.15, -0.1) is 0 Å². The molecule has 0 aliphatic carbocycles. The van der Waals surface area contributed by atoms with Gasteiger partial charge < -0.3 is 24.8 Å². The molecule has 50 heavy (non-hydrogen) atoms. The van der Waals surface area contributed by atoms with Gasteiger partial charge >= 0.3 is 5.97 Å².